The Hall–Kier alpha value is -2.34. The van der Waals surface area contributed by atoms with Crippen molar-refractivity contribution in [3.63, 3.8) is 0 Å². The summed E-state index contributed by atoms with van der Waals surface area (Å²) in [7, 11) is 0. The Morgan fingerprint density at radius 3 is 2.61 bits per heavy atom. The molecule has 0 unspecified atom stereocenters. The molecule has 0 saturated carbocycles. The number of aromatic nitrogens is 1. The third kappa shape index (κ3) is 3.33. The number of hydrogen-bond acceptors (Lipinski definition) is 4. The van der Waals surface area contributed by atoms with E-state index in [-0.39, 0.29) is 10.9 Å². The molecule has 0 bridgehead atoms. The maximum Gasteiger partial charge on any atom is 0.169 e. The van der Waals surface area contributed by atoms with Crippen LogP contribution in [0.15, 0.2) is 42.6 Å². The van der Waals surface area contributed by atoms with Crippen molar-refractivity contribution >= 4 is 23.1 Å². The van der Waals surface area contributed by atoms with Gasteiger partial charge in [-0.1, -0.05) is 0 Å². The van der Waals surface area contributed by atoms with Crippen molar-refractivity contribution in [3.8, 4) is 17.2 Å². The number of nitrogens with two attached hydrogens (primary N) is 1. The molecule has 6 heteroatoms. The van der Waals surface area contributed by atoms with Gasteiger partial charge in [0.1, 0.15) is 23.1 Å². The van der Waals surface area contributed by atoms with Gasteiger partial charge in [0.25, 0.3) is 0 Å². The Labute approximate surface area is 109 Å². The van der Waals surface area contributed by atoms with E-state index < -0.39 is 0 Å². The molecule has 5 nitrogen and oxygen atoms in total. The Morgan fingerprint density at radius 2 is 1.94 bits per heavy atom. The van der Waals surface area contributed by atoms with E-state index in [1.165, 1.54) is 0 Å². The molecule has 0 aliphatic carbocycles. The van der Waals surface area contributed by atoms with Gasteiger partial charge in [0.05, 0.1) is 0 Å². The summed E-state index contributed by atoms with van der Waals surface area (Å²) in [5, 5.41) is 12.0. The number of benzene rings is 1. The molecular formula is C12H11N3O2S. The number of nitrogens with one attached hydrogen (secondary N) is 1. The lowest BCUT2D eigenvalue weighted by Crippen LogP contribution is -2.19. The third-order valence-electron chi connectivity index (χ3n) is 2.06. The monoisotopic (exact) mass is 261 g/mol. The summed E-state index contributed by atoms with van der Waals surface area (Å²) in [6, 6.07) is 9.80. The fourth-order valence-electron chi connectivity index (χ4n) is 1.32. The fourth-order valence-corrected chi connectivity index (χ4v) is 1.42. The van der Waals surface area contributed by atoms with Gasteiger partial charge in [-0.2, -0.15) is 0 Å². The quantitative estimate of drug-likeness (QED) is 0.735. The number of pyridine rings is 1. The van der Waals surface area contributed by atoms with Gasteiger partial charge < -0.3 is 20.9 Å². The summed E-state index contributed by atoms with van der Waals surface area (Å²) in [4.78, 5) is 4.04. The predicted molar refractivity (Wildman–Crippen MR) is 72.8 cm³/mol. The average molecular weight is 261 g/mol. The van der Waals surface area contributed by atoms with Gasteiger partial charge in [-0.15, -0.1) is 0 Å². The van der Waals surface area contributed by atoms with E-state index in [1.807, 2.05) is 0 Å². The first-order valence-corrected chi connectivity index (χ1v) is 5.54. The highest BCUT2D eigenvalue weighted by Gasteiger charge is 2.01. The second kappa shape index (κ2) is 5.33. The van der Waals surface area contributed by atoms with Crippen LogP contribution in [0.5, 0.6) is 17.2 Å². The largest absolute Gasteiger partial charge is 0.508 e. The Bertz CT molecular complexity index is 558. The average Bonchev–Trinajstić information content (AvgIpc) is 2.32. The summed E-state index contributed by atoms with van der Waals surface area (Å²) in [6.45, 7) is 0. The molecule has 0 spiro atoms. The molecule has 18 heavy (non-hydrogen) atoms. The number of thiocarbonyl (C=S) groups is 1. The molecule has 4 N–H and O–H groups in total. The maximum atomic E-state index is 9.16. The number of ether oxygens (including phenoxy) is 1. The molecule has 0 atom stereocenters. The first kappa shape index (κ1) is 12.1. The lowest BCUT2D eigenvalue weighted by Gasteiger charge is -2.07. The van der Waals surface area contributed by atoms with Crippen molar-refractivity contribution in [1.29, 1.82) is 0 Å². The van der Waals surface area contributed by atoms with Crippen molar-refractivity contribution in [1.82, 2.24) is 4.98 Å². The topological polar surface area (TPSA) is 80.4 Å². The highest BCUT2D eigenvalue weighted by atomic mass is 32.1. The summed E-state index contributed by atoms with van der Waals surface area (Å²) >= 11 is 4.72. The van der Waals surface area contributed by atoms with Crippen LogP contribution in [0.4, 0.5) is 5.82 Å². The minimum Gasteiger partial charge on any atom is -0.508 e. The molecule has 0 radical (unpaired) electrons. The van der Waals surface area contributed by atoms with Crippen LogP contribution in [0.3, 0.4) is 0 Å². The van der Waals surface area contributed by atoms with Crippen LogP contribution in [0.1, 0.15) is 0 Å². The van der Waals surface area contributed by atoms with Crippen molar-refractivity contribution < 1.29 is 9.84 Å². The summed E-state index contributed by atoms with van der Waals surface area (Å²) in [5.41, 5.74) is 5.36. The van der Waals surface area contributed by atoms with E-state index in [2.05, 4.69) is 10.3 Å². The lowest BCUT2D eigenvalue weighted by molar-refractivity contribution is 0.464. The van der Waals surface area contributed by atoms with Crippen LogP contribution >= 0.6 is 12.2 Å². The molecule has 1 aromatic carbocycles. The van der Waals surface area contributed by atoms with Crippen LogP contribution in [-0.2, 0) is 0 Å². The molecule has 1 heterocycles. The molecule has 2 aromatic rings. The highest BCUT2D eigenvalue weighted by molar-refractivity contribution is 7.80. The molecule has 0 saturated heterocycles. The first-order valence-electron chi connectivity index (χ1n) is 5.13. The molecule has 1 aromatic heterocycles. The second-order valence-electron chi connectivity index (χ2n) is 3.46. The van der Waals surface area contributed by atoms with Crippen LogP contribution in [0.25, 0.3) is 0 Å². The van der Waals surface area contributed by atoms with Gasteiger partial charge >= 0.3 is 0 Å². The van der Waals surface area contributed by atoms with E-state index in [0.717, 1.165) is 0 Å². The first-order chi connectivity index (χ1) is 8.63. The Morgan fingerprint density at radius 1 is 1.22 bits per heavy atom. The predicted octanol–water partition coefficient (Wildman–Crippen LogP) is 2.23. The standard InChI is InChI=1S/C12H11N3O2S/c13-12(18)15-11-7-10(5-6-14-11)17-9-3-1-8(16)2-4-9/h1-7,16H,(H3,13,14,15,18). The smallest absolute Gasteiger partial charge is 0.169 e. The van der Waals surface area contributed by atoms with Crippen LogP contribution < -0.4 is 15.8 Å². The number of anilines is 1. The number of hydrogen-bond donors (Lipinski definition) is 3. The zero-order chi connectivity index (χ0) is 13.0. The van der Waals surface area contributed by atoms with E-state index in [1.54, 1.807) is 42.6 Å². The van der Waals surface area contributed by atoms with Gasteiger partial charge in [-0.25, -0.2) is 4.98 Å². The van der Waals surface area contributed by atoms with Crippen molar-refractivity contribution in [2.24, 2.45) is 5.73 Å². The highest BCUT2D eigenvalue weighted by Crippen LogP contribution is 2.24. The fraction of sp³-hybridized carbons (Fsp3) is 0. The minimum absolute atomic E-state index is 0.143. The van der Waals surface area contributed by atoms with Crippen LogP contribution in [0.2, 0.25) is 0 Å². The van der Waals surface area contributed by atoms with Crippen LogP contribution in [-0.4, -0.2) is 15.2 Å². The summed E-state index contributed by atoms with van der Waals surface area (Å²) < 4.78 is 5.58. The van der Waals surface area contributed by atoms with Crippen LogP contribution in [0, 0.1) is 0 Å². The van der Waals surface area contributed by atoms with E-state index in [0.29, 0.717) is 17.3 Å². The Kier molecular flexibility index (Phi) is 3.59. The maximum absolute atomic E-state index is 9.16. The summed E-state index contributed by atoms with van der Waals surface area (Å²) in [5.74, 6) is 1.90. The molecule has 92 valence electrons. The zero-order valence-electron chi connectivity index (χ0n) is 9.33. The van der Waals surface area contributed by atoms with Crippen molar-refractivity contribution in [2.75, 3.05) is 5.32 Å². The van der Waals surface area contributed by atoms with Gasteiger partial charge in [-0.3, -0.25) is 0 Å². The number of nitrogens with zero attached hydrogens (tertiary/aromatic N) is 1. The van der Waals surface area contributed by atoms with Gasteiger partial charge in [0, 0.05) is 12.3 Å². The number of phenolic OH excluding ortho intramolecular Hbond substituents is 1. The molecular weight excluding hydrogens is 250 g/mol. The molecule has 2 rings (SSSR count). The molecule has 0 fully saturated rings. The number of aromatic hydroxyl groups is 1. The zero-order valence-corrected chi connectivity index (χ0v) is 10.1. The third-order valence-corrected chi connectivity index (χ3v) is 2.16. The Balaban J connectivity index is 2.13. The lowest BCUT2D eigenvalue weighted by atomic mass is 10.3. The van der Waals surface area contributed by atoms with E-state index in [4.69, 9.17) is 27.8 Å². The molecule has 0 aliphatic rings. The minimum atomic E-state index is 0.143. The second-order valence-corrected chi connectivity index (χ2v) is 3.90. The van der Waals surface area contributed by atoms with Gasteiger partial charge in [-0.05, 0) is 42.5 Å². The van der Waals surface area contributed by atoms with Gasteiger partial charge in [0.15, 0.2) is 5.11 Å². The van der Waals surface area contributed by atoms with Gasteiger partial charge in [0.2, 0.25) is 0 Å². The molecule has 0 amide bonds. The SMILES string of the molecule is NC(=S)Nc1cc(Oc2ccc(O)cc2)ccn1. The van der Waals surface area contributed by atoms with Crippen molar-refractivity contribution in [2.45, 2.75) is 0 Å². The molecule has 0 aliphatic heterocycles. The van der Waals surface area contributed by atoms with E-state index >= 15 is 0 Å². The summed E-state index contributed by atoms with van der Waals surface area (Å²) in [6.07, 6.45) is 1.58. The number of phenols is 1. The normalized spacial score (nSPS) is 9.78. The number of rotatable bonds is 3. The van der Waals surface area contributed by atoms with Crippen molar-refractivity contribution in [3.05, 3.63) is 42.6 Å². The van der Waals surface area contributed by atoms with E-state index in [9.17, 15) is 0 Å².